The van der Waals surface area contributed by atoms with Crippen molar-refractivity contribution in [2.45, 2.75) is 18.8 Å². The molecule has 1 aromatic carbocycles. The Kier molecular flexibility index (Phi) is 4.33. The van der Waals surface area contributed by atoms with Crippen LogP contribution in [-0.2, 0) is 6.42 Å². The molecule has 0 radical (unpaired) electrons. The van der Waals surface area contributed by atoms with Crippen LogP contribution in [0.4, 0.5) is 0 Å². The van der Waals surface area contributed by atoms with Gasteiger partial charge in [0, 0.05) is 17.4 Å². The molecule has 0 amide bonds. The number of pyridine rings is 1. The van der Waals surface area contributed by atoms with E-state index in [0.29, 0.717) is 5.02 Å². The SMILES string of the molecule is N#CC(CCc1ccncc1)c1ccc(Cl)cc1. The Morgan fingerprint density at radius 2 is 1.78 bits per heavy atom. The molecule has 0 saturated heterocycles. The van der Waals surface area contributed by atoms with Crippen LogP contribution in [0.25, 0.3) is 0 Å². The Morgan fingerprint density at radius 1 is 1.11 bits per heavy atom. The number of hydrogen-bond acceptors (Lipinski definition) is 2. The van der Waals surface area contributed by atoms with E-state index in [2.05, 4.69) is 11.1 Å². The van der Waals surface area contributed by atoms with Crippen molar-refractivity contribution in [1.82, 2.24) is 4.98 Å². The molecule has 0 aliphatic carbocycles. The van der Waals surface area contributed by atoms with Crippen LogP contribution in [0.5, 0.6) is 0 Å². The first-order chi connectivity index (χ1) is 8.79. The Bertz CT molecular complexity index is 529. The highest BCUT2D eigenvalue weighted by molar-refractivity contribution is 6.30. The molecule has 18 heavy (non-hydrogen) atoms. The summed E-state index contributed by atoms with van der Waals surface area (Å²) in [6.07, 6.45) is 5.24. The van der Waals surface area contributed by atoms with E-state index in [1.54, 1.807) is 12.4 Å². The molecular formula is C15H13ClN2. The zero-order chi connectivity index (χ0) is 12.8. The predicted molar refractivity (Wildman–Crippen MR) is 72.4 cm³/mol. The van der Waals surface area contributed by atoms with Gasteiger partial charge in [-0.1, -0.05) is 23.7 Å². The maximum Gasteiger partial charge on any atom is 0.0715 e. The van der Waals surface area contributed by atoms with Crippen molar-refractivity contribution in [1.29, 1.82) is 5.26 Å². The van der Waals surface area contributed by atoms with Crippen molar-refractivity contribution in [2.75, 3.05) is 0 Å². The van der Waals surface area contributed by atoms with Gasteiger partial charge in [-0.15, -0.1) is 0 Å². The topological polar surface area (TPSA) is 36.7 Å². The van der Waals surface area contributed by atoms with E-state index < -0.39 is 0 Å². The summed E-state index contributed by atoms with van der Waals surface area (Å²) in [6, 6.07) is 13.8. The smallest absolute Gasteiger partial charge is 0.0715 e. The first kappa shape index (κ1) is 12.6. The summed E-state index contributed by atoms with van der Waals surface area (Å²) >= 11 is 5.84. The van der Waals surface area contributed by atoms with Crippen LogP contribution in [0.2, 0.25) is 5.02 Å². The van der Waals surface area contributed by atoms with Gasteiger partial charge in [-0.05, 0) is 48.2 Å². The first-order valence-corrected chi connectivity index (χ1v) is 6.21. The number of halogens is 1. The largest absolute Gasteiger partial charge is 0.265 e. The van der Waals surface area contributed by atoms with Gasteiger partial charge in [0.25, 0.3) is 0 Å². The number of benzene rings is 1. The fraction of sp³-hybridized carbons (Fsp3) is 0.200. The number of nitrogens with zero attached hydrogens (tertiary/aromatic N) is 2. The van der Waals surface area contributed by atoms with Crippen molar-refractivity contribution >= 4 is 11.6 Å². The number of aryl methyl sites for hydroxylation is 1. The number of hydrogen-bond donors (Lipinski definition) is 0. The molecular weight excluding hydrogens is 244 g/mol. The van der Waals surface area contributed by atoms with Gasteiger partial charge in [-0.3, -0.25) is 4.98 Å². The second-order valence-electron chi connectivity index (χ2n) is 4.13. The van der Waals surface area contributed by atoms with Gasteiger partial charge in [0.15, 0.2) is 0 Å². The molecule has 0 spiro atoms. The lowest BCUT2D eigenvalue weighted by molar-refractivity contribution is 0.745. The van der Waals surface area contributed by atoms with E-state index in [4.69, 9.17) is 11.6 Å². The lowest BCUT2D eigenvalue weighted by Crippen LogP contribution is -1.98. The van der Waals surface area contributed by atoms with Crippen molar-refractivity contribution in [3.05, 3.63) is 64.9 Å². The molecule has 1 atom stereocenters. The standard InChI is InChI=1S/C15H13ClN2/c16-15-5-3-13(4-6-15)14(11-17)2-1-12-7-9-18-10-8-12/h3-10,14H,1-2H2. The third kappa shape index (κ3) is 3.32. The van der Waals surface area contributed by atoms with Crippen LogP contribution in [-0.4, -0.2) is 4.98 Å². The Hall–Kier alpha value is -1.85. The molecule has 0 aliphatic heterocycles. The minimum atomic E-state index is -0.0876. The highest BCUT2D eigenvalue weighted by Crippen LogP contribution is 2.22. The monoisotopic (exact) mass is 256 g/mol. The summed E-state index contributed by atoms with van der Waals surface area (Å²) in [5.41, 5.74) is 2.23. The normalized spacial score (nSPS) is 11.8. The van der Waals surface area contributed by atoms with E-state index in [9.17, 15) is 5.26 Å². The molecule has 90 valence electrons. The number of aromatic nitrogens is 1. The highest BCUT2D eigenvalue weighted by atomic mass is 35.5. The van der Waals surface area contributed by atoms with E-state index in [1.165, 1.54) is 5.56 Å². The lowest BCUT2D eigenvalue weighted by Gasteiger charge is -2.09. The van der Waals surface area contributed by atoms with Gasteiger partial charge in [0.2, 0.25) is 0 Å². The maximum absolute atomic E-state index is 9.23. The average Bonchev–Trinajstić information content (AvgIpc) is 2.42. The van der Waals surface area contributed by atoms with Gasteiger partial charge < -0.3 is 0 Å². The summed E-state index contributed by atoms with van der Waals surface area (Å²) < 4.78 is 0. The molecule has 1 unspecified atom stereocenters. The van der Waals surface area contributed by atoms with Gasteiger partial charge in [-0.25, -0.2) is 0 Å². The summed E-state index contributed by atoms with van der Waals surface area (Å²) in [4.78, 5) is 3.98. The zero-order valence-corrected chi connectivity index (χ0v) is 10.6. The van der Waals surface area contributed by atoms with Gasteiger partial charge in [0.1, 0.15) is 0 Å². The number of rotatable bonds is 4. The van der Waals surface area contributed by atoms with Gasteiger partial charge >= 0.3 is 0 Å². The molecule has 3 heteroatoms. The minimum absolute atomic E-state index is 0.0876. The summed E-state index contributed by atoms with van der Waals surface area (Å²) in [5.74, 6) is -0.0876. The van der Waals surface area contributed by atoms with E-state index in [1.807, 2.05) is 36.4 Å². The molecule has 2 nitrogen and oxygen atoms in total. The van der Waals surface area contributed by atoms with E-state index in [0.717, 1.165) is 18.4 Å². The fourth-order valence-electron chi connectivity index (χ4n) is 1.86. The Morgan fingerprint density at radius 3 is 2.39 bits per heavy atom. The van der Waals surface area contributed by atoms with Crippen LogP contribution in [0.3, 0.4) is 0 Å². The molecule has 2 aromatic rings. The molecule has 1 aromatic heterocycles. The summed E-state index contributed by atoms with van der Waals surface area (Å²) in [5, 5.41) is 9.93. The third-order valence-corrected chi connectivity index (χ3v) is 3.15. The van der Waals surface area contributed by atoms with Crippen LogP contribution in [0, 0.1) is 11.3 Å². The molecule has 1 heterocycles. The quantitative estimate of drug-likeness (QED) is 0.830. The van der Waals surface area contributed by atoms with Crippen LogP contribution < -0.4 is 0 Å². The molecule has 0 fully saturated rings. The first-order valence-electron chi connectivity index (χ1n) is 5.83. The molecule has 0 N–H and O–H groups in total. The van der Waals surface area contributed by atoms with E-state index >= 15 is 0 Å². The second kappa shape index (κ2) is 6.18. The molecule has 0 aliphatic rings. The van der Waals surface area contributed by atoms with Gasteiger partial charge in [0.05, 0.1) is 12.0 Å². The van der Waals surface area contributed by atoms with Gasteiger partial charge in [-0.2, -0.15) is 5.26 Å². The molecule has 2 rings (SSSR count). The van der Waals surface area contributed by atoms with Crippen LogP contribution in [0.1, 0.15) is 23.5 Å². The molecule has 0 saturated carbocycles. The Balaban J connectivity index is 2.02. The molecule has 0 bridgehead atoms. The zero-order valence-electron chi connectivity index (χ0n) is 9.88. The second-order valence-corrected chi connectivity index (χ2v) is 4.56. The van der Waals surface area contributed by atoms with Crippen LogP contribution in [0.15, 0.2) is 48.8 Å². The maximum atomic E-state index is 9.23. The van der Waals surface area contributed by atoms with Crippen LogP contribution >= 0.6 is 11.6 Å². The summed E-state index contributed by atoms with van der Waals surface area (Å²) in [6.45, 7) is 0. The fourth-order valence-corrected chi connectivity index (χ4v) is 1.99. The van der Waals surface area contributed by atoms with Crippen molar-refractivity contribution in [3.63, 3.8) is 0 Å². The van der Waals surface area contributed by atoms with Crippen molar-refractivity contribution in [3.8, 4) is 6.07 Å². The summed E-state index contributed by atoms with van der Waals surface area (Å²) in [7, 11) is 0. The number of nitriles is 1. The van der Waals surface area contributed by atoms with E-state index in [-0.39, 0.29) is 5.92 Å². The highest BCUT2D eigenvalue weighted by Gasteiger charge is 2.10. The Labute approximate surface area is 112 Å². The average molecular weight is 257 g/mol. The third-order valence-electron chi connectivity index (χ3n) is 2.90. The van der Waals surface area contributed by atoms with Crippen molar-refractivity contribution in [2.24, 2.45) is 0 Å². The lowest BCUT2D eigenvalue weighted by atomic mass is 9.94. The minimum Gasteiger partial charge on any atom is -0.265 e. The van der Waals surface area contributed by atoms with Crippen molar-refractivity contribution < 1.29 is 0 Å². The predicted octanol–water partition coefficient (Wildman–Crippen LogP) is 3.97.